The molecule has 2 aliphatic heterocycles. The van der Waals surface area contributed by atoms with E-state index < -0.39 is 9.85 Å². The van der Waals surface area contributed by atoms with Crippen LogP contribution in [0, 0.1) is 20.2 Å². The van der Waals surface area contributed by atoms with Gasteiger partial charge < -0.3 is 14.5 Å². The summed E-state index contributed by atoms with van der Waals surface area (Å²) in [5.41, 5.74) is 0.0956. The molecule has 0 saturated carbocycles. The summed E-state index contributed by atoms with van der Waals surface area (Å²) in [6.07, 6.45) is 0. The normalized spacial score (nSPS) is 14.9. The highest BCUT2D eigenvalue weighted by Gasteiger charge is 2.38. The number of rotatable bonds is 7. The summed E-state index contributed by atoms with van der Waals surface area (Å²) in [7, 11) is 0. The SMILES string of the molecule is CCOc1ccc(-c2nc(N3CC3)c([N+](=O)[O-])c(N3CC3)n2)cc1[N+](=O)[O-]. The summed E-state index contributed by atoms with van der Waals surface area (Å²) in [6, 6.07) is 4.46. The van der Waals surface area contributed by atoms with Gasteiger partial charge in [-0.3, -0.25) is 20.2 Å². The monoisotopic (exact) mass is 372 g/mol. The Bertz CT molecular complexity index is 908. The topological polar surface area (TPSA) is 127 Å². The van der Waals surface area contributed by atoms with Crippen molar-refractivity contribution in [2.24, 2.45) is 0 Å². The van der Waals surface area contributed by atoms with Gasteiger partial charge in [0.1, 0.15) is 0 Å². The molecule has 0 spiro atoms. The largest absolute Gasteiger partial charge is 0.487 e. The number of hydrogen-bond acceptors (Lipinski definition) is 9. The zero-order valence-corrected chi connectivity index (χ0v) is 14.5. The molecule has 11 heteroatoms. The maximum atomic E-state index is 11.6. The maximum absolute atomic E-state index is 11.6. The molecule has 0 amide bonds. The number of anilines is 2. The summed E-state index contributed by atoms with van der Waals surface area (Å²) in [4.78, 5) is 34.2. The zero-order valence-electron chi connectivity index (χ0n) is 14.5. The first-order valence-corrected chi connectivity index (χ1v) is 8.47. The average molecular weight is 372 g/mol. The van der Waals surface area contributed by atoms with Crippen molar-refractivity contribution in [2.45, 2.75) is 6.92 Å². The van der Waals surface area contributed by atoms with Crippen molar-refractivity contribution in [1.82, 2.24) is 9.97 Å². The molecule has 0 aliphatic carbocycles. The molecular weight excluding hydrogens is 356 g/mol. The van der Waals surface area contributed by atoms with Crippen LogP contribution in [0.15, 0.2) is 18.2 Å². The molecule has 0 bridgehead atoms. The molecule has 0 radical (unpaired) electrons. The van der Waals surface area contributed by atoms with Gasteiger partial charge >= 0.3 is 11.4 Å². The van der Waals surface area contributed by atoms with Crippen LogP contribution in [0.25, 0.3) is 11.4 Å². The molecule has 3 heterocycles. The minimum absolute atomic E-state index is 0.116. The molecule has 27 heavy (non-hydrogen) atoms. The molecule has 2 aliphatic rings. The number of hydrogen-bond donors (Lipinski definition) is 0. The van der Waals surface area contributed by atoms with Crippen molar-refractivity contribution in [3.8, 4) is 17.1 Å². The number of ether oxygens (including phenoxy) is 1. The second kappa shape index (κ2) is 6.34. The van der Waals surface area contributed by atoms with Crippen molar-refractivity contribution in [2.75, 3.05) is 42.6 Å². The minimum Gasteiger partial charge on any atom is -0.487 e. The Balaban J connectivity index is 1.85. The highest BCUT2D eigenvalue weighted by Crippen LogP contribution is 2.41. The lowest BCUT2D eigenvalue weighted by Crippen LogP contribution is -2.09. The van der Waals surface area contributed by atoms with E-state index >= 15 is 0 Å². The Hall–Kier alpha value is -3.50. The molecule has 2 aromatic rings. The van der Waals surface area contributed by atoms with E-state index in [9.17, 15) is 20.2 Å². The molecule has 4 rings (SSSR count). The Morgan fingerprint density at radius 3 is 2.07 bits per heavy atom. The predicted molar refractivity (Wildman–Crippen MR) is 96.4 cm³/mol. The van der Waals surface area contributed by atoms with Gasteiger partial charge in [-0.25, -0.2) is 9.97 Å². The van der Waals surface area contributed by atoms with Gasteiger partial charge in [0.25, 0.3) is 0 Å². The highest BCUT2D eigenvalue weighted by molar-refractivity contribution is 5.78. The summed E-state index contributed by atoms with van der Waals surface area (Å²) in [5, 5.41) is 23.0. The summed E-state index contributed by atoms with van der Waals surface area (Å²) in [5.74, 6) is 0.882. The Kier molecular flexibility index (Phi) is 3.98. The lowest BCUT2D eigenvalue weighted by atomic mass is 10.1. The maximum Gasteiger partial charge on any atom is 0.353 e. The third-order valence-electron chi connectivity index (χ3n) is 4.24. The number of aromatic nitrogens is 2. The molecule has 140 valence electrons. The van der Waals surface area contributed by atoms with Crippen molar-refractivity contribution in [3.05, 3.63) is 38.4 Å². The van der Waals surface area contributed by atoms with Crippen LogP contribution in [0.2, 0.25) is 0 Å². The van der Waals surface area contributed by atoms with E-state index in [0.717, 1.165) is 0 Å². The van der Waals surface area contributed by atoms with E-state index in [1.165, 1.54) is 12.1 Å². The third-order valence-corrected chi connectivity index (χ3v) is 4.24. The smallest absolute Gasteiger partial charge is 0.353 e. The molecule has 0 N–H and O–H groups in total. The zero-order chi connectivity index (χ0) is 19.1. The van der Waals surface area contributed by atoms with Crippen LogP contribution < -0.4 is 14.5 Å². The van der Waals surface area contributed by atoms with Gasteiger partial charge in [0, 0.05) is 37.8 Å². The number of nitro benzene ring substituents is 1. The fraction of sp³-hybridized carbons (Fsp3) is 0.375. The van der Waals surface area contributed by atoms with Crippen molar-refractivity contribution in [3.63, 3.8) is 0 Å². The van der Waals surface area contributed by atoms with Crippen molar-refractivity contribution in [1.29, 1.82) is 0 Å². The van der Waals surface area contributed by atoms with Crippen LogP contribution in [-0.4, -0.2) is 52.6 Å². The van der Waals surface area contributed by atoms with Gasteiger partial charge in [-0.2, -0.15) is 0 Å². The molecule has 0 atom stereocenters. The first-order valence-electron chi connectivity index (χ1n) is 8.47. The Morgan fingerprint density at radius 2 is 1.63 bits per heavy atom. The van der Waals surface area contributed by atoms with Crippen LogP contribution in [0.5, 0.6) is 5.75 Å². The molecule has 2 fully saturated rings. The van der Waals surface area contributed by atoms with Gasteiger partial charge in [0.15, 0.2) is 11.6 Å². The standard InChI is InChI=1S/C16H16N6O5/c1-2-27-12-4-3-10(9-11(12)21(23)24)14-17-15(19-5-6-19)13(22(25)26)16(18-14)20-7-8-20/h3-4,9H,2,5-8H2,1H3. The first-order chi connectivity index (χ1) is 13.0. The van der Waals surface area contributed by atoms with E-state index in [1.54, 1.807) is 22.8 Å². The van der Waals surface area contributed by atoms with Gasteiger partial charge in [-0.05, 0) is 19.1 Å². The second-order valence-electron chi connectivity index (χ2n) is 6.15. The van der Waals surface area contributed by atoms with Gasteiger partial charge in [-0.15, -0.1) is 0 Å². The van der Waals surface area contributed by atoms with Gasteiger partial charge in [0.2, 0.25) is 11.6 Å². The molecule has 11 nitrogen and oxygen atoms in total. The summed E-state index contributed by atoms with van der Waals surface area (Å²) in [6.45, 7) is 4.76. The lowest BCUT2D eigenvalue weighted by molar-refractivity contribution is -0.385. The van der Waals surface area contributed by atoms with Gasteiger partial charge in [0.05, 0.1) is 16.5 Å². The predicted octanol–water partition coefficient (Wildman–Crippen LogP) is 2.00. The van der Waals surface area contributed by atoms with Crippen LogP contribution in [0.1, 0.15) is 6.92 Å². The van der Waals surface area contributed by atoms with Crippen LogP contribution in [0.4, 0.5) is 23.0 Å². The molecule has 2 saturated heterocycles. The van der Waals surface area contributed by atoms with E-state index in [4.69, 9.17) is 4.74 Å². The molecule has 1 aromatic carbocycles. The quantitative estimate of drug-likeness (QED) is 0.407. The van der Waals surface area contributed by atoms with E-state index in [2.05, 4.69) is 9.97 Å². The first kappa shape index (κ1) is 16.9. The molecule has 1 aromatic heterocycles. The van der Waals surface area contributed by atoms with Crippen LogP contribution in [0.3, 0.4) is 0 Å². The summed E-state index contributed by atoms with van der Waals surface area (Å²) >= 11 is 0. The summed E-state index contributed by atoms with van der Waals surface area (Å²) < 4.78 is 5.30. The average Bonchev–Trinajstić information content (AvgIpc) is 3.54. The van der Waals surface area contributed by atoms with E-state index in [1.807, 2.05) is 0 Å². The number of nitro groups is 2. The van der Waals surface area contributed by atoms with E-state index in [-0.39, 0.29) is 34.6 Å². The Morgan fingerprint density at radius 1 is 1.04 bits per heavy atom. The van der Waals surface area contributed by atoms with Gasteiger partial charge in [-0.1, -0.05) is 0 Å². The minimum atomic E-state index is -0.531. The fourth-order valence-corrected chi connectivity index (χ4v) is 2.77. The van der Waals surface area contributed by atoms with Crippen molar-refractivity contribution < 1.29 is 14.6 Å². The lowest BCUT2D eigenvalue weighted by Gasteiger charge is -2.11. The molecular formula is C16H16N6O5. The second-order valence-corrected chi connectivity index (χ2v) is 6.15. The third kappa shape index (κ3) is 3.18. The van der Waals surface area contributed by atoms with Crippen molar-refractivity contribution >= 4 is 23.0 Å². The van der Waals surface area contributed by atoms with Crippen LogP contribution >= 0.6 is 0 Å². The highest BCUT2D eigenvalue weighted by atomic mass is 16.6. The fourth-order valence-electron chi connectivity index (χ4n) is 2.77. The number of benzene rings is 1. The molecule has 0 unspecified atom stereocenters. The van der Waals surface area contributed by atoms with E-state index in [0.29, 0.717) is 38.3 Å². The van der Waals surface area contributed by atoms with Crippen LogP contribution in [-0.2, 0) is 0 Å². The number of nitrogens with zero attached hydrogens (tertiary/aromatic N) is 6. The Labute approximate surface area is 153 Å².